The van der Waals surface area contributed by atoms with E-state index in [0.29, 0.717) is 5.02 Å². The van der Waals surface area contributed by atoms with Crippen molar-refractivity contribution in [2.24, 2.45) is 0 Å². The fourth-order valence-corrected chi connectivity index (χ4v) is 1.29. The van der Waals surface area contributed by atoms with Gasteiger partial charge in [0.05, 0.1) is 0 Å². The Hall–Kier alpha value is -1.30. The van der Waals surface area contributed by atoms with Gasteiger partial charge in [0, 0.05) is 5.02 Å². The van der Waals surface area contributed by atoms with Crippen LogP contribution >= 0.6 is 11.6 Å². The molecule has 2 rings (SSSR count). The van der Waals surface area contributed by atoms with Gasteiger partial charge in [0.25, 0.3) is 0 Å². The van der Waals surface area contributed by atoms with E-state index in [1.807, 2.05) is 12.1 Å². The van der Waals surface area contributed by atoms with Crippen molar-refractivity contribution >= 4 is 17.6 Å². The second-order valence-electron chi connectivity index (χ2n) is 2.85. The summed E-state index contributed by atoms with van der Waals surface area (Å²) in [6, 6.07) is 7.00. The number of hydrogen-bond acceptors (Lipinski definition) is 3. The first-order chi connectivity index (χ1) is 6.75. The minimum Gasteiger partial charge on any atom is -0.270 e. The van der Waals surface area contributed by atoms with Gasteiger partial charge in [-0.05, 0) is 17.7 Å². The predicted octanol–water partition coefficient (Wildman–Crippen LogP) is 0.661. The van der Waals surface area contributed by atoms with Crippen LogP contribution in [0.5, 0.6) is 0 Å². The van der Waals surface area contributed by atoms with Crippen LogP contribution in [-0.4, -0.2) is 6.03 Å². The molecule has 14 heavy (non-hydrogen) atoms. The number of halogens is 1. The molecule has 0 saturated carbocycles. The molecule has 2 amide bonds. The Morgan fingerprint density at radius 1 is 1.07 bits per heavy atom. The van der Waals surface area contributed by atoms with E-state index in [2.05, 4.69) is 21.7 Å². The maximum atomic E-state index is 10.7. The highest BCUT2D eigenvalue weighted by molar-refractivity contribution is 6.30. The fraction of sp³-hybridized carbons (Fsp3) is 0.125. The third-order valence-electron chi connectivity index (χ3n) is 1.86. The second-order valence-corrected chi connectivity index (χ2v) is 3.29. The molecule has 0 aromatic heterocycles. The number of urea groups is 1. The minimum absolute atomic E-state index is 0.162. The minimum atomic E-state index is -0.310. The quantitative estimate of drug-likeness (QED) is 0.553. The largest absolute Gasteiger partial charge is 0.343 e. The summed E-state index contributed by atoms with van der Waals surface area (Å²) >= 11 is 5.75. The summed E-state index contributed by atoms with van der Waals surface area (Å²) in [4.78, 5) is 10.7. The Kier molecular flexibility index (Phi) is 2.53. The predicted molar refractivity (Wildman–Crippen MR) is 52.1 cm³/mol. The topological polar surface area (TPSA) is 65.2 Å². The van der Waals surface area contributed by atoms with Crippen molar-refractivity contribution < 1.29 is 4.79 Å². The summed E-state index contributed by atoms with van der Waals surface area (Å²) in [5, 5.41) is 0.682. The molecule has 1 aromatic rings. The average molecular weight is 213 g/mol. The number of carbonyl (C=O) groups is 1. The van der Waals surface area contributed by atoms with Gasteiger partial charge in [0.2, 0.25) is 0 Å². The van der Waals surface area contributed by atoms with E-state index < -0.39 is 0 Å². The smallest absolute Gasteiger partial charge is 0.270 e. The van der Waals surface area contributed by atoms with Gasteiger partial charge < -0.3 is 0 Å². The molecular weight excluding hydrogens is 204 g/mol. The Balaban J connectivity index is 2.08. The molecule has 0 unspecified atom stereocenters. The summed E-state index contributed by atoms with van der Waals surface area (Å²) in [7, 11) is 0. The highest BCUT2D eigenvalue weighted by atomic mass is 35.5. The molecule has 0 spiro atoms. The van der Waals surface area contributed by atoms with Crippen LogP contribution in [0.2, 0.25) is 5.02 Å². The Morgan fingerprint density at radius 2 is 1.64 bits per heavy atom. The fourth-order valence-electron chi connectivity index (χ4n) is 1.16. The first kappa shape index (κ1) is 9.26. The number of hydrazine groups is 2. The van der Waals surface area contributed by atoms with E-state index in [1.54, 1.807) is 12.1 Å². The first-order valence-electron chi connectivity index (χ1n) is 4.08. The number of amides is 2. The molecule has 1 aliphatic heterocycles. The zero-order chi connectivity index (χ0) is 9.97. The normalized spacial score (nSPS) is 17.4. The zero-order valence-corrected chi connectivity index (χ0v) is 7.93. The van der Waals surface area contributed by atoms with Crippen molar-refractivity contribution in [1.29, 1.82) is 0 Å². The lowest BCUT2D eigenvalue weighted by Gasteiger charge is -2.26. The third kappa shape index (κ3) is 1.95. The van der Waals surface area contributed by atoms with Crippen LogP contribution < -0.4 is 21.7 Å². The molecule has 5 nitrogen and oxygen atoms in total. The summed E-state index contributed by atoms with van der Waals surface area (Å²) in [6.45, 7) is 0. The monoisotopic (exact) mass is 212 g/mol. The standard InChI is InChI=1S/C8H9ClN4O/c9-6-3-1-5(2-4-6)7-10-12-8(14)13-11-7/h1-4,7,10-11H,(H2,12,13,14). The Morgan fingerprint density at radius 3 is 2.21 bits per heavy atom. The van der Waals surface area contributed by atoms with Crippen molar-refractivity contribution in [2.45, 2.75) is 6.17 Å². The molecule has 0 atom stereocenters. The van der Waals surface area contributed by atoms with Gasteiger partial charge in [0.1, 0.15) is 6.17 Å². The second kappa shape index (κ2) is 3.83. The number of carbonyl (C=O) groups excluding carboxylic acids is 1. The lowest BCUT2D eigenvalue weighted by Crippen LogP contribution is -2.61. The molecule has 0 aliphatic carbocycles. The van der Waals surface area contributed by atoms with Gasteiger partial charge in [0.15, 0.2) is 0 Å². The molecule has 0 radical (unpaired) electrons. The molecule has 6 heteroatoms. The number of hydrogen-bond donors (Lipinski definition) is 4. The Bertz CT molecular complexity index is 330. The van der Waals surface area contributed by atoms with Crippen molar-refractivity contribution in [3.63, 3.8) is 0 Å². The van der Waals surface area contributed by atoms with Gasteiger partial charge in [-0.25, -0.2) is 15.6 Å². The van der Waals surface area contributed by atoms with E-state index in [0.717, 1.165) is 5.56 Å². The van der Waals surface area contributed by atoms with E-state index in [1.165, 1.54) is 0 Å². The molecule has 1 heterocycles. The van der Waals surface area contributed by atoms with Crippen LogP contribution in [0, 0.1) is 0 Å². The maximum absolute atomic E-state index is 10.7. The van der Waals surface area contributed by atoms with Gasteiger partial charge >= 0.3 is 6.03 Å². The molecule has 1 aromatic carbocycles. The molecule has 4 N–H and O–H groups in total. The van der Waals surface area contributed by atoms with Crippen molar-refractivity contribution in [1.82, 2.24) is 21.7 Å². The zero-order valence-electron chi connectivity index (χ0n) is 7.17. The summed E-state index contributed by atoms with van der Waals surface area (Å²) in [5.74, 6) is 0. The van der Waals surface area contributed by atoms with E-state index in [4.69, 9.17) is 11.6 Å². The lowest BCUT2D eigenvalue weighted by molar-refractivity contribution is 0.204. The number of rotatable bonds is 1. The number of nitrogens with one attached hydrogen (secondary N) is 4. The summed E-state index contributed by atoms with van der Waals surface area (Å²) in [5.41, 5.74) is 11.5. The highest BCUT2D eigenvalue weighted by Gasteiger charge is 2.16. The van der Waals surface area contributed by atoms with Crippen molar-refractivity contribution in [2.75, 3.05) is 0 Å². The van der Waals surface area contributed by atoms with Gasteiger partial charge in [-0.2, -0.15) is 0 Å². The summed E-state index contributed by atoms with van der Waals surface area (Å²) < 4.78 is 0. The molecule has 1 aliphatic rings. The highest BCUT2D eigenvalue weighted by Crippen LogP contribution is 2.14. The van der Waals surface area contributed by atoms with Crippen LogP contribution in [0.4, 0.5) is 4.79 Å². The molecule has 1 fully saturated rings. The van der Waals surface area contributed by atoms with Crippen molar-refractivity contribution in [3.8, 4) is 0 Å². The van der Waals surface area contributed by atoms with Crippen LogP contribution in [0.25, 0.3) is 0 Å². The lowest BCUT2D eigenvalue weighted by atomic mass is 10.2. The van der Waals surface area contributed by atoms with Gasteiger partial charge in [-0.3, -0.25) is 10.9 Å². The van der Waals surface area contributed by atoms with Crippen LogP contribution in [-0.2, 0) is 0 Å². The molecule has 0 bridgehead atoms. The van der Waals surface area contributed by atoms with Gasteiger partial charge in [-0.15, -0.1) is 0 Å². The van der Waals surface area contributed by atoms with E-state index >= 15 is 0 Å². The molecule has 1 saturated heterocycles. The number of benzene rings is 1. The van der Waals surface area contributed by atoms with Crippen LogP contribution in [0.15, 0.2) is 24.3 Å². The SMILES string of the molecule is O=C1NNC(c2ccc(Cl)cc2)NN1. The molecular formula is C8H9ClN4O. The van der Waals surface area contributed by atoms with Gasteiger partial charge in [-0.1, -0.05) is 23.7 Å². The van der Waals surface area contributed by atoms with Crippen LogP contribution in [0.1, 0.15) is 11.7 Å². The summed E-state index contributed by atoms with van der Waals surface area (Å²) in [6.07, 6.45) is -0.162. The molecule has 74 valence electrons. The van der Waals surface area contributed by atoms with E-state index in [-0.39, 0.29) is 12.2 Å². The van der Waals surface area contributed by atoms with E-state index in [9.17, 15) is 4.79 Å². The third-order valence-corrected chi connectivity index (χ3v) is 2.12. The van der Waals surface area contributed by atoms with Crippen LogP contribution in [0.3, 0.4) is 0 Å². The Labute approximate surface area is 85.8 Å². The van der Waals surface area contributed by atoms with Crippen molar-refractivity contribution in [3.05, 3.63) is 34.9 Å². The maximum Gasteiger partial charge on any atom is 0.343 e. The average Bonchev–Trinajstić information content (AvgIpc) is 2.21. The first-order valence-corrected chi connectivity index (χ1v) is 4.46.